The molecule has 0 fully saturated rings. The molecular formula is C40H26. The lowest BCUT2D eigenvalue weighted by atomic mass is 9.83. The molecule has 186 valence electrons. The van der Waals surface area contributed by atoms with E-state index in [4.69, 9.17) is 19.2 Å². The summed E-state index contributed by atoms with van der Waals surface area (Å²) in [7, 11) is 0. The molecule has 40 heavy (non-hydrogen) atoms. The lowest BCUT2D eigenvalue weighted by molar-refractivity contribution is 1.65. The van der Waals surface area contributed by atoms with Crippen molar-refractivity contribution in [2.45, 2.75) is 0 Å². The van der Waals surface area contributed by atoms with E-state index in [0.717, 1.165) is 0 Å². The molecule has 0 aliphatic carbocycles. The molecule has 8 aromatic carbocycles. The maximum Gasteiger partial charge on any atom is 0.0636 e. The smallest absolute Gasteiger partial charge is 0.0622 e. The second-order valence-corrected chi connectivity index (χ2v) is 9.03. The number of hydrogen-bond donors (Lipinski definition) is 0. The van der Waals surface area contributed by atoms with E-state index >= 15 is 0 Å². The quantitative estimate of drug-likeness (QED) is 0.201. The van der Waals surface area contributed by atoms with Crippen LogP contribution in [0.25, 0.3) is 76.5 Å². The Hall–Kier alpha value is -5.20. The van der Waals surface area contributed by atoms with E-state index < -0.39 is 153 Å². The Morgan fingerprint density at radius 1 is 0.350 bits per heavy atom. The largest absolute Gasteiger partial charge is 0.0636 e. The van der Waals surface area contributed by atoms with Crippen molar-refractivity contribution in [1.29, 1.82) is 0 Å². The van der Waals surface area contributed by atoms with Gasteiger partial charge < -0.3 is 0 Å². The zero-order chi connectivity index (χ0) is 43.0. The molecule has 8 rings (SSSR count). The van der Waals surface area contributed by atoms with Crippen LogP contribution in [0.1, 0.15) is 26.0 Å². The van der Waals surface area contributed by atoms with E-state index in [0.29, 0.717) is 10.8 Å². The van der Waals surface area contributed by atoms with Crippen molar-refractivity contribution in [3.63, 3.8) is 0 Å². The highest BCUT2D eigenvalue weighted by Gasteiger charge is 2.19. The molecule has 0 saturated carbocycles. The standard InChI is InChI=1S/C40H26/c1-2-14-29(15-3-1)39-35-20-8-9-21-36(35)40(34-23-11-17-28-13-5-7-19-32(28)34)38-26-30(24-25-37(38)39)33-22-10-16-27-12-4-6-18-31(27)33/h1-26H/i1D,2D,3D,4D,6D,8D,9D,10D,12D,14D,15D,16D,18D,20D,21D,22D,24D,25D,26D. The SMILES string of the molecule is [2H]c1c([2H])c([2H])c(-c2c3c([2H])c([2H])c([2H])c([2H])c3c(-c3cccc4ccccc34)c3c([2H])c(-c4c([2H])c([2H])c([2H])c5c([2H])c([2H])c([2H])c([2H])c45)c([2H])c([2H])c23)c([2H])c1[2H]. The van der Waals surface area contributed by atoms with Crippen molar-refractivity contribution in [3.8, 4) is 33.4 Å². The highest BCUT2D eigenvalue weighted by molar-refractivity contribution is 6.24. The van der Waals surface area contributed by atoms with Crippen molar-refractivity contribution < 1.29 is 26.0 Å². The van der Waals surface area contributed by atoms with Crippen LogP contribution < -0.4 is 0 Å². The van der Waals surface area contributed by atoms with Gasteiger partial charge in [0, 0.05) is 0 Å². The average Bonchev–Trinajstić information content (AvgIpc) is 3.22. The summed E-state index contributed by atoms with van der Waals surface area (Å²) < 4.78 is 170. The van der Waals surface area contributed by atoms with Crippen LogP contribution >= 0.6 is 0 Å². The van der Waals surface area contributed by atoms with Crippen LogP contribution in [0, 0.1) is 0 Å². The molecule has 0 atom stereocenters. The molecule has 0 aromatic heterocycles. The second-order valence-electron chi connectivity index (χ2n) is 9.03. The summed E-state index contributed by atoms with van der Waals surface area (Å²) in [5, 5.41) is -1.14. The van der Waals surface area contributed by atoms with Gasteiger partial charge in [-0.3, -0.25) is 0 Å². The monoisotopic (exact) mass is 525 g/mol. The summed E-state index contributed by atoms with van der Waals surface area (Å²) in [6.07, 6.45) is 0. The van der Waals surface area contributed by atoms with Gasteiger partial charge in [0.05, 0.1) is 26.0 Å². The second kappa shape index (κ2) is 9.22. The Labute approximate surface area is 260 Å². The van der Waals surface area contributed by atoms with Gasteiger partial charge in [-0.25, -0.2) is 0 Å². The van der Waals surface area contributed by atoms with Gasteiger partial charge in [0.15, 0.2) is 0 Å². The van der Waals surface area contributed by atoms with Gasteiger partial charge in [0.25, 0.3) is 0 Å². The third-order valence-electron chi connectivity index (χ3n) is 6.87. The summed E-state index contributed by atoms with van der Waals surface area (Å²) >= 11 is 0. The van der Waals surface area contributed by atoms with Gasteiger partial charge in [-0.05, 0) is 82.5 Å². The molecule has 0 nitrogen and oxygen atoms in total. The van der Waals surface area contributed by atoms with Crippen LogP contribution in [-0.2, 0) is 0 Å². The van der Waals surface area contributed by atoms with Crippen LogP contribution in [0.15, 0.2) is 157 Å². The lowest BCUT2D eigenvalue weighted by Gasteiger charge is -2.20. The van der Waals surface area contributed by atoms with Crippen molar-refractivity contribution >= 4 is 43.1 Å². The molecule has 0 heterocycles. The van der Waals surface area contributed by atoms with E-state index in [1.54, 1.807) is 42.5 Å². The maximum atomic E-state index is 10.0. The van der Waals surface area contributed by atoms with Crippen LogP contribution in [0.3, 0.4) is 0 Å². The first-order valence-corrected chi connectivity index (χ1v) is 12.3. The molecule has 0 bridgehead atoms. The average molecular weight is 526 g/mol. The number of fused-ring (bicyclic) bond motifs is 4. The highest BCUT2D eigenvalue weighted by Crippen LogP contribution is 2.46. The predicted octanol–water partition coefficient (Wildman–Crippen LogP) is 11.3. The van der Waals surface area contributed by atoms with Gasteiger partial charge in [-0.2, -0.15) is 0 Å². The minimum Gasteiger partial charge on any atom is -0.0622 e. The Balaban J connectivity index is 1.79. The Bertz CT molecular complexity index is 3220. The van der Waals surface area contributed by atoms with Gasteiger partial charge in [-0.15, -0.1) is 0 Å². The summed E-state index contributed by atoms with van der Waals surface area (Å²) in [5.74, 6) is 0. The summed E-state index contributed by atoms with van der Waals surface area (Å²) in [6, 6.07) is -2.43. The fraction of sp³-hybridized carbons (Fsp3) is 0. The van der Waals surface area contributed by atoms with Crippen LogP contribution in [-0.4, -0.2) is 0 Å². The fourth-order valence-corrected chi connectivity index (χ4v) is 5.18. The first-order chi connectivity index (χ1) is 27.8. The minimum absolute atomic E-state index is 0.0735. The van der Waals surface area contributed by atoms with E-state index in [-0.39, 0.29) is 27.3 Å². The topological polar surface area (TPSA) is 0 Å². The lowest BCUT2D eigenvalue weighted by Crippen LogP contribution is -1.92. The molecule has 0 heteroatoms. The number of rotatable bonds is 3. The Morgan fingerprint density at radius 3 is 1.90 bits per heavy atom. The molecule has 0 aliphatic heterocycles. The maximum absolute atomic E-state index is 10.0. The van der Waals surface area contributed by atoms with Crippen molar-refractivity contribution in [1.82, 2.24) is 0 Å². The van der Waals surface area contributed by atoms with Crippen LogP contribution in [0.2, 0.25) is 0 Å². The Morgan fingerprint density at radius 2 is 1.02 bits per heavy atom. The van der Waals surface area contributed by atoms with Crippen LogP contribution in [0.5, 0.6) is 0 Å². The molecule has 0 radical (unpaired) electrons. The molecule has 0 amide bonds. The third kappa shape index (κ3) is 3.54. The van der Waals surface area contributed by atoms with E-state index in [2.05, 4.69) is 0 Å². The first-order valence-electron chi connectivity index (χ1n) is 21.8. The molecule has 8 aromatic rings. The van der Waals surface area contributed by atoms with E-state index in [1.165, 1.54) is 0 Å². The highest BCUT2D eigenvalue weighted by atomic mass is 14.2. The van der Waals surface area contributed by atoms with Crippen molar-refractivity contribution in [2.75, 3.05) is 0 Å². The zero-order valence-electron chi connectivity index (χ0n) is 39.5. The zero-order valence-corrected chi connectivity index (χ0v) is 20.5. The number of benzene rings is 8. The molecule has 0 unspecified atom stereocenters. The van der Waals surface area contributed by atoms with Crippen molar-refractivity contribution in [2.24, 2.45) is 0 Å². The predicted molar refractivity (Wildman–Crippen MR) is 173 cm³/mol. The number of hydrogen-bond acceptors (Lipinski definition) is 0. The normalized spacial score (nSPS) is 18.1. The van der Waals surface area contributed by atoms with Gasteiger partial charge in [-0.1, -0.05) is 151 Å². The molecule has 0 spiro atoms. The molecular weight excluding hydrogens is 480 g/mol. The summed E-state index contributed by atoms with van der Waals surface area (Å²) in [6.45, 7) is 0. The minimum atomic E-state index is -0.848. The summed E-state index contributed by atoms with van der Waals surface area (Å²) in [5.41, 5.74) is -1.95. The summed E-state index contributed by atoms with van der Waals surface area (Å²) in [4.78, 5) is 0. The van der Waals surface area contributed by atoms with Gasteiger partial charge in [0.1, 0.15) is 0 Å². The fourth-order valence-electron chi connectivity index (χ4n) is 5.18. The van der Waals surface area contributed by atoms with Gasteiger partial charge in [0.2, 0.25) is 0 Å². The first kappa shape index (κ1) is 10.8. The third-order valence-corrected chi connectivity index (χ3v) is 6.87. The van der Waals surface area contributed by atoms with Crippen molar-refractivity contribution in [3.05, 3.63) is 157 Å². The van der Waals surface area contributed by atoms with E-state index in [9.17, 15) is 6.85 Å². The molecule has 0 saturated heterocycles. The van der Waals surface area contributed by atoms with Gasteiger partial charge >= 0.3 is 0 Å². The molecule has 0 N–H and O–H groups in total. The molecule has 0 aliphatic rings. The Kier molecular flexibility index (Phi) is 2.48. The van der Waals surface area contributed by atoms with Crippen LogP contribution in [0.4, 0.5) is 0 Å². The van der Waals surface area contributed by atoms with E-state index in [1.807, 2.05) is 0 Å².